The van der Waals surface area contributed by atoms with Gasteiger partial charge in [0.05, 0.1) is 0 Å². The molecule has 0 aromatic heterocycles. The van der Waals surface area contributed by atoms with Gasteiger partial charge in [0.2, 0.25) is 17.8 Å². The third-order valence-corrected chi connectivity index (χ3v) is 5.37. The van der Waals surface area contributed by atoms with Crippen molar-refractivity contribution in [2.45, 2.75) is 53.9 Å². The Labute approximate surface area is 125 Å². The smallest absolute Gasteiger partial charge is 0.229 e. The maximum Gasteiger partial charge on any atom is 0.229 e. The highest BCUT2D eigenvalue weighted by molar-refractivity contribution is 6.04. The molecule has 6 heteroatoms. The Morgan fingerprint density at radius 2 is 1.71 bits per heavy atom. The molecule has 2 atom stereocenters. The van der Waals surface area contributed by atoms with E-state index in [2.05, 4.69) is 41.6 Å². The Bertz CT molecular complexity index is 518. The van der Waals surface area contributed by atoms with E-state index in [9.17, 15) is 9.59 Å². The van der Waals surface area contributed by atoms with E-state index in [0.29, 0.717) is 5.92 Å². The summed E-state index contributed by atoms with van der Waals surface area (Å²) in [5, 5.41) is 13.4. The second kappa shape index (κ2) is 5.24. The maximum atomic E-state index is 11.1. The topological polar surface area (TPSA) is 82.9 Å². The van der Waals surface area contributed by atoms with Crippen LogP contribution in [0, 0.1) is 16.7 Å². The van der Waals surface area contributed by atoms with Gasteiger partial charge in [0.15, 0.2) is 0 Å². The van der Waals surface area contributed by atoms with Gasteiger partial charge < -0.3 is 0 Å². The Morgan fingerprint density at radius 3 is 2.10 bits per heavy atom. The molecule has 2 N–H and O–H groups in total. The first kappa shape index (κ1) is 15.7. The standard InChI is InChI=1S/C15H24N4O2/c1-9(20)16-13(17-10(2)21)19-18-12-8-11-6-7-15(12,5)14(11,3)4/h11H,6-8H2,1-5H3,(H2,16,17,19,20,21)/b18-12+. The number of hydrogen-bond donors (Lipinski definition) is 2. The number of amides is 2. The van der Waals surface area contributed by atoms with Crippen LogP contribution in [-0.4, -0.2) is 23.5 Å². The molecule has 2 aliphatic carbocycles. The first-order valence-corrected chi connectivity index (χ1v) is 7.37. The van der Waals surface area contributed by atoms with Gasteiger partial charge in [0.25, 0.3) is 0 Å². The lowest BCUT2D eigenvalue weighted by atomic mass is 9.70. The summed E-state index contributed by atoms with van der Waals surface area (Å²) in [6, 6.07) is 0. The summed E-state index contributed by atoms with van der Waals surface area (Å²) in [5.74, 6) is 0.150. The first-order valence-electron chi connectivity index (χ1n) is 7.37. The molecule has 0 saturated heterocycles. The monoisotopic (exact) mass is 292 g/mol. The maximum absolute atomic E-state index is 11.1. The number of nitrogens with one attached hydrogen (secondary N) is 2. The number of carbonyl (C=O) groups excluding carboxylic acids is 2. The predicted molar refractivity (Wildman–Crippen MR) is 81.7 cm³/mol. The lowest BCUT2D eigenvalue weighted by Crippen LogP contribution is -2.42. The molecule has 2 bridgehead atoms. The van der Waals surface area contributed by atoms with Crippen molar-refractivity contribution in [3.05, 3.63) is 0 Å². The third-order valence-electron chi connectivity index (χ3n) is 5.37. The van der Waals surface area contributed by atoms with Crippen LogP contribution >= 0.6 is 0 Å². The van der Waals surface area contributed by atoms with Crippen molar-refractivity contribution >= 4 is 23.5 Å². The van der Waals surface area contributed by atoms with Crippen LogP contribution in [0.1, 0.15) is 53.9 Å². The van der Waals surface area contributed by atoms with Crippen molar-refractivity contribution < 1.29 is 9.59 Å². The van der Waals surface area contributed by atoms with Gasteiger partial charge in [0, 0.05) is 25.0 Å². The van der Waals surface area contributed by atoms with Gasteiger partial charge in [0.1, 0.15) is 0 Å². The molecule has 0 heterocycles. The zero-order valence-electron chi connectivity index (χ0n) is 13.4. The van der Waals surface area contributed by atoms with E-state index in [4.69, 9.17) is 0 Å². The number of carbonyl (C=O) groups is 2. The zero-order valence-corrected chi connectivity index (χ0v) is 13.4. The van der Waals surface area contributed by atoms with Gasteiger partial charge in [-0.05, 0) is 30.6 Å². The molecule has 0 radical (unpaired) electrons. The molecule has 2 amide bonds. The molecule has 2 rings (SSSR count). The molecule has 0 aromatic carbocycles. The molecule has 21 heavy (non-hydrogen) atoms. The van der Waals surface area contributed by atoms with Gasteiger partial charge >= 0.3 is 0 Å². The summed E-state index contributed by atoms with van der Waals surface area (Å²) >= 11 is 0. The van der Waals surface area contributed by atoms with E-state index >= 15 is 0 Å². The first-order chi connectivity index (χ1) is 9.66. The Hall–Kier alpha value is -1.72. The summed E-state index contributed by atoms with van der Waals surface area (Å²) in [7, 11) is 0. The number of fused-ring (bicyclic) bond motifs is 2. The van der Waals surface area contributed by atoms with Gasteiger partial charge in [-0.15, -0.1) is 5.10 Å². The Morgan fingerprint density at radius 1 is 1.14 bits per heavy atom. The fraction of sp³-hybridized carbons (Fsp3) is 0.733. The van der Waals surface area contributed by atoms with Gasteiger partial charge in [-0.2, -0.15) is 5.10 Å². The minimum atomic E-state index is -0.290. The fourth-order valence-corrected chi connectivity index (χ4v) is 3.60. The molecule has 0 spiro atoms. The summed E-state index contributed by atoms with van der Waals surface area (Å²) in [6.45, 7) is 9.56. The van der Waals surface area contributed by atoms with Crippen LogP contribution in [0.2, 0.25) is 0 Å². The largest absolute Gasteiger partial charge is 0.295 e. The van der Waals surface area contributed by atoms with Crippen molar-refractivity contribution in [1.82, 2.24) is 10.6 Å². The van der Waals surface area contributed by atoms with Crippen molar-refractivity contribution in [3.63, 3.8) is 0 Å². The third kappa shape index (κ3) is 2.71. The molecular formula is C15H24N4O2. The molecule has 2 unspecified atom stereocenters. The van der Waals surface area contributed by atoms with Crippen molar-refractivity contribution in [1.29, 1.82) is 0 Å². The van der Waals surface area contributed by atoms with Gasteiger partial charge in [-0.25, -0.2) is 0 Å². The Balaban J connectivity index is 2.24. The van der Waals surface area contributed by atoms with Crippen LogP contribution < -0.4 is 10.6 Å². The second-order valence-electron chi connectivity index (χ2n) is 6.85. The average Bonchev–Trinajstić information content (AvgIpc) is 2.67. The molecule has 0 aromatic rings. The summed E-state index contributed by atoms with van der Waals surface area (Å²) < 4.78 is 0. The molecule has 2 saturated carbocycles. The van der Waals surface area contributed by atoms with Crippen LogP contribution in [0.4, 0.5) is 0 Å². The average molecular weight is 292 g/mol. The zero-order chi connectivity index (χ0) is 15.8. The van der Waals surface area contributed by atoms with Crippen LogP contribution in [0.25, 0.3) is 0 Å². The van der Waals surface area contributed by atoms with Gasteiger partial charge in [-0.1, -0.05) is 20.8 Å². The minimum Gasteiger partial charge on any atom is -0.295 e. The van der Waals surface area contributed by atoms with Crippen LogP contribution in [-0.2, 0) is 9.59 Å². The van der Waals surface area contributed by atoms with E-state index in [0.717, 1.165) is 18.6 Å². The van der Waals surface area contributed by atoms with Crippen LogP contribution in [0.3, 0.4) is 0 Å². The van der Waals surface area contributed by atoms with Crippen LogP contribution in [0.15, 0.2) is 10.2 Å². The van der Waals surface area contributed by atoms with Crippen molar-refractivity contribution in [2.75, 3.05) is 0 Å². The molecule has 2 fully saturated rings. The van der Waals surface area contributed by atoms with Crippen molar-refractivity contribution in [2.24, 2.45) is 27.0 Å². The number of hydrogen-bond acceptors (Lipinski definition) is 4. The minimum absolute atomic E-state index is 0.0543. The fourth-order valence-electron chi connectivity index (χ4n) is 3.60. The molecule has 116 valence electrons. The molecule has 2 aliphatic rings. The Kier molecular flexibility index (Phi) is 3.91. The normalized spacial score (nSPS) is 31.1. The summed E-state index contributed by atoms with van der Waals surface area (Å²) in [6.07, 6.45) is 3.30. The molecular weight excluding hydrogens is 268 g/mol. The lowest BCUT2D eigenvalue weighted by Gasteiger charge is -2.34. The highest BCUT2D eigenvalue weighted by Gasteiger charge is 2.60. The van der Waals surface area contributed by atoms with Crippen molar-refractivity contribution in [3.8, 4) is 0 Å². The quantitative estimate of drug-likeness (QED) is 0.439. The highest BCUT2D eigenvalue weighted by Crippen LogP contribution is 2.63. The van der Waals surface area contributed by atoms with E-state index in [1.54, 1.807) is 0 Å². The lowest BCUT2D eigenvalue weighted by molar-refractivity contribution is -0.117. The van der Waals surface area contributed by atoms with E-state index in [1.807, 2.05) is 0 Å². The summed E-state index contributed by atoms with van der Waals surface area (Å²) in [5.41, 5.74) is 1.35. The number of rotatable bonds is 1. The van der Waals surface area contributed by atoms with Crippen LogP contribution in [0.5, 0.6) is 0 Å². The molecule has 6 nitrogen and oxygen atoms in total. The van der Waals surface area contributed by atoms with E-state index in [1.165, 1.54) is 20.3 Å². The van der Waals surface area contributed by atoms with E-state index in [-0.39, 0.29) is 28.6 Å². The SMILES string of the molecule is CC(=O)NC(=N/N=C1\CC2CCC1(C)C2(C)C)NC(C)=O. The summed E-state index contributed by atoms with van der Waals surface area (Å²) in [4.78, 5) is 22.3. The number of guanidine groups is 1. The van der Waals surface area contributed by atoms with E-state index < -0.39 is 0 Å². The molecule has 0 aliphatic heterocycles. The number of nitrogens with zero attached hydrogens (tertiary/aromatic N) is 2. The highest BCUT2D eigenvalue weighted by atomic mass is 16.2. The predicted octanol–water partition coefficient (Wildman–Crippen LogP) is 1.82. The second-order valence-corrected chi connectivity index (χ2v) is 6.85. The van der Waals surface area contributed by atoms with Gasteiger partial charge in [-0.3, -0.25) is 20.2 Å².